The van der Waals surface area contributed by atoms with Gasteiger partial charge in [-0.2, -0.15) is 0 Å². The summed E-state index contributed by atoms with van der Waals surface area (Å²) in [5.41, 5.74) is 6.40. The van der Waals surface area contributed by atoms with E-state index in [2.05, 4.69) is 60.9 Å². The number of methoxy groups -OCH3 is 1. The second kappa shape index (κ2) is 10.1. The molecule has 0 fully saturated rings. The Balaban J connectivity index is 2.00. The lowest BCUT2D eigenvalue weighted by Crippen LogP contribution is -2.82. The van der Waals surface area contributed by atoms with Gasteiger partial charge >= 0.3 is 0 Å². The van der Waals surface area contributed by atoms with Gasteiger partial charge in [-0.1, -0.05) is 45.0 Å². The second-order valence-electron chi connectivity index (χ2n) is 7.42. The van der Waals surface area contributed by atoms with E-state index in [9.17, 15) is 0 Å². The largest absolute Gasteiger partial charge is 0.493 e. The zero-order chi connectivity index (χ0) is 20.6. The maximum absolute atomic E-state index is 5.96. The van der Waals surface area contributed by atoms with Crippen molar-refractivity contribution < 1.29 is 14.6 Å². The highest BCUT2D eigenvalue weighted by Crippen LogP contribution is 2.28. The van der Waals surface area contributed by atoms with Crippen molar-refractivity contribution in [1.82, 2.24) is 10.7 Å². The molecule has 5 nitrogen and oxygen atoms in total. The van der Waals surface area contributed by atoms with Gasteiger partial charge in [-0.15, -0.1) is 10.5 Å². The molecule has 0 unspecified atom stereocenters. The zero-order valence-corrected chi connectivity index (χ0v) is 18.1. The van der Waals surface area contributed by atoms with Gasteiger partial charge in [-0.05, 0) is 53.9 Å². The molecule has 2 aromatic carbocycles. The van der Waals surface area contributed by atoms with Crippen LogP contribution in [0.1, 0.15) is 44.4 Å². The first-order chi connectivity index (χ1) is 13.3. The van der Waals surface area contributed by atoms with Crippen molar-refractivity contribution in [2.45, 2.75) is 39.7 Å². The summed E-state index contributed by atoms with van der Waals surface area (Å²) in [6, 6.07) is 14.3. The van der Waals surface area contributed by atoms with E-state index in [1.54, 1.807) is 13.3 Å². The minimum absolute atomic E-state index is 0.147. The predicted octanol–water partition coefficient (Wildman–Crippen LogP) is 2.47. The van der Waals surface area contributed by atoms with E-state index in [0.717, 1.165) is 17.7 Å². The number of rotatable bonds is 7. The van der Waals surface area contributed by atoms with Crippen LogP contribution in [0, 0.1) is 0 Å². The molecule has 3 N–H and O–H groups in total. The van der Waals surface area contributed by atoms with E-state index in [1.165, 1.54) is 5.56 Å². The number of nitrogens with one attached hydrogen (secondary N) is 3. The lowest BCUT2D eigenvalue weighted by atomic mass is 9.87. The Morgan fingerprint density at radius 1 is 1.11 bits per heavy atom. The van der Waals surface area contributed by atoms with Crippen LogP contribution in [0.3, 0.4) is 0 Å². The number of hydrogen-bond acceptors (Lipinski definition) is 3. The maximum Gasteiger partial charge on any atom is 0.223 e. The normalized spacial score (nSPS) is 11.3. The molecular formula is C22H30N3O2S+. The summed E-state index contributed by atoms with van der Waals surface area (Å²) in [7, 11) is 1.63. The fourth-order valence-electron chi connectivity index (χ4n) is 2.54. The molecule has 150 valence electrons. The zero-order valence-electron chi connectivity index (χ0n) is 17.3. The lowest BCUT2D eigenvalue weighted by molar-refractivity contribution is -0.500. The molecule has 0 amide bonds. The van der Waals surface area contributed by atoms with Gasteiger partial charge < -0.3 is 14.8 Å². The molecule has 6 heteroatoms. The molecule has 0 radical (unpaired) electrons. The summed E-state index contributed by atoms with van der Waals surface area (Å²) < 4.78 is 11.4. The molecule has 0 atom stereocenters. The van der Waals surface area contributed by atoms with Crippen molar-refractivity contribution >= 4 is 23.5 Å². The van der Waals surface area contributed by atoms with Gasteiger partial charge in [0.15, 0.2) is 17.7 Å². The van der Waals surface area contributed by atoms with Crippen LogP contribution in [0.2, 0.25) is 0 Å². The third-order valence-electron chi connectivity index (χ3n) is 4.16. The average molecular weight is 401 g/mol. The Morgan fingerprint density at radius 3 is 2.43 bits per heavy atom. The first-order valence-corrected chi connectivity index (χ1v) is 9.77. The topological polar surface area (TPSA) is 56.5 Å². The third-order valence-corrected chi connectivity index (χ3v) is 4.41. The van der Waals surface area contributed by atoms with Crippen molar-refractivity contribution in [3.8, 4) is 11.5 Å². The summed E-state index contributed by atoms with van der Waals surface area (Å²) in [6.07, 6.45) is 1.81. The van der Waals surface area contributed by atoms with Crippen molar-refractivity contribution in [2.24, 2.45) is 0 Å². The van der Waals surface area contributed by atoms with Crippen LogP contribution in [0.4, 0.5) is 0 Å². The first-order valence-electron chi connectivity index (χ1n) is 9.36. The highest BCUT2D eigenvalue weighted by atomic mass is 32.1. The van der Waals surface area contributed by atoms with Crippen LogP contribution in [0.5, 0.6) is 11.5 Å². The molecule has 0 aromatic heterocycles. The monoisotopic (exact) mass is 400 g/mol. The molecule has 0 bridgehead atoms. The van der Waals surface area contributed by atoms with E-state index in [1.807, 2.05) is 25.1 Å². The van der Waals surface area contributed by atoms with Crippen LogP contribution < -0.4 is 25.3 Å². The molecule has 0 heterocycles. The molecule has 0 aliphatic rings. The van der Waals surface area contributed by atoms with E-state index >= 15 is 0 Å². The molecule has 2 aromatic rings. The fraction of sp³-hybridized carbons (Fsp3) is 0.364. The van der Waals surface area contributed by atoms with Crippen LogP contribution >= 0.6 is 12.2 Å². The Hall–Kier alpha value is -2.60. The standard InChI is InChI=1S/C22H29N3O2S/c1-6-23-21(28)25-24-14-17-9-12-19(20(13-17)26-5)27-15-16-7-10-18(11-8-16)22(2,3)4/h7-14H,6,15H2,1-5H3,(H2,23,25,28)/p+1. The maximum atomic E-state index is 5.96. The van der Waals surface area contributed by atoms with E-state index in [0.29, 0.717) is 23.2 Å². The van der Waals surface area contributed by atoms with Gasteiger partial charge in [0.2, 0.25) is 5.11 Å². The number of hydrazine groups is 1. The average Bonchev–Trinajstić information content (AvgIpc) is 2.66. The van der Waals surface area contributed by atoms with Gasteiger partial charge in [0.1, 0.15) is 6.61 Å². The van der Waals surface area contributed by atoms with Crippen molar-refractivity contribution in [3.63, 3.8) is 0 Å². The van der Waals surface area contributed by atoms with Crippen molar-refractivity contribution in [1.29, 1.82) is 0 Å². The molecule has 28 heavy (non-hydrogen) atoms. The van der Waals surface area contributed by atoms with E-state index < -0.39 is 0 Å². The molecule has 0 saturated heterocycles. The number of thiocarbonyl (C=S) groups is 1. The molecule has 0 aliphatic carbocycles. The van der Waals surface area contributed by atoms with E-state index in [4.69, 9.17) is 21.7 Å². The van der Waals surface area contributed by atoms with Gasteiger partial charge in [0.05, 0.1) is 7.11 Å². The number of ether oxygens (including phenoxy) is 2. The third kappa shape index (κ3) is 6.53. The summed E-state index contributed by atoms with van der Waals surface area (Å²) in [5, 5.41) is 6.50. The Bertz CT molecular complexity index is 812. The van der Waals surface area contributed by atoms with Crippen molar-refractivity contribution in [2.75, 3.05) is 13.7 Å². The van der Waals surface area contributed by atoms with Crippen molar-refractivity contribution in [3.05, 3.63) is 59.2 Å². The van der Waals surface area contributed by atoms with Crippen LogP contribution in [-0.4, -0.2) is 25.0 Å². The van der Waals surface area contributed by atoms with Gasteiger partial charge in [-0.25, -0.2) is 0 Å². The smallest absolute Gasteiger partial charge is 0.223 e. The van der Waals surface area contributed by atoms with Gasteiger partial charge in [0.25, 0.3) is 0 Å². The van der Waals surface area contributed by atoms with Crippen LogP contribution in [-0.2, 0) is 12.0 Å². The first kappa shape index (κ1) is 21.7. The van der Waals surface area contributed by atoms with Gasteiger partial charge in [0, 0.05) is 12.1 Å². The van der Waals surface area contributed by atoms with E-state index in [-0.39, 0.29) is 5.41 Å². The fourth-order valence-corrected chi connectivity index (χ4v) is 2.75. The number of benzene rings is 2. The highest BCUT2D eigenvalue weighted by Gasteiger charge is 2.13. The minimum Gasteiger partial charge on any atom is -0.493 e. The quantitative estimate of drug-likeness (QED) is 0.379. The highest BCUT2D eigenvalue weighted by molar-refractivity contribution is 7.80. The summed E-state index contributed by atoms with van der Waals surface area (Å²) in [5.74, 6) is 1.38. The molecule has 0 spiro atoms. The summed E-state index contributed by atoms with van der Waals surface area (Å²) >= 11 is 5.10. The minimum atomic E-state index is 0.147. The number of hydrazone groups is 1. The Labute approximate surface area is 173 Å². The van der Waals surface area contributed by atoms with Crippen LogP contribution in [0.15, 0.2) is 42.5 Å². The second-order valence-corrected chi connectivity index (χ2v) is 7.83. The SMILES string of the molecule is CCNC(=S)N[NH+]=Cc1ccc(OCc2ccc(C(C)(C)C)cc2)c(OC)c1. The molecular weight excluding hydrogens is 370 g/mol. The molecule has 0 saturated carbocycles. The Morgan fingerprint density at radius 2 is 1.82 bits per heavy atom. The lowest BCUT2D eigenvalue weighted by Gasteiger charge is -2.19. The van der Waals surface area contributed by atoms with Crippen LogP contribution in [0.25, 0.3) is 0 Å². The summed E-state index contributed by atoms with van der Waals surface area (Å²) in [6.45, 7) is 9.87. The Kier molecular flexibility index (Phi) is 7.81. The summed E-state index contributed by atoms with van der Waals surface area (Å²) in [4.78, 5) is 0. The predicted molar refractivity (Wildman–Crippen MR) is 118 cm³/mol. The number of hydrogen-bond donors (Lipinski definition) is 3. The molecule has 0 aliphatic heterocycles. The molecule has 2 rings (SSSR count). The van der Waals surface area contributed by atoms with Gasteiger partial charge in [-0.3, -0.25) is 0 Å².